The fourth-order valence-electron chi connectivity index (χ4n) is 6.45. The molecule has 0 aliphatic carbocycles. The quantitative estimate of drug-likeness (QED) is 0.477. The van der Waals surface area contributed by atoms with Gasteiger partial charge in [-0.1, -0.05) is 12.8 Å². The molecule has 5 rings (SSSR count). The van der Waals surface area contributed by atoms with E-state index in [2.05, 4.69) is 35.0 Å². The number of fused-ring (bicyclic) bond motifs is 3. The monoisotopic (exact) mass is 496 g/mol. The molecule has 9 nitrogen and oxygen atoms in total. The van der Waals surface area contributed by atoms with E-state index in [9.17, 15) is 9.59 Å². The molecular formula is C27H36N4O5. The van der Waals surface area contributed by atoms with E-state index < -0.39 is 17.9 Å². The van der Waals surface area contributed by atoms with Crippen molar-refractivity contribution in [1.29, 1.82) is 0 Å². The third-order valence-corrected chi connectivity index (χ3v) is 8.51. The average Bonchev–Trinajstić information content (AvgIpc) is 3.43. The van der Waals surface area contributed by atoms with Crippen molar-refractivity contribution in [2.24, 2.45) is 11.8 Å². The number of nitrogens with one attached hydrogen (secondary N) is 1. The van der Waals surface area contributed by atoms with Crippen LogP contribution in [-0.4, -0.2) is 106 Å². The number of benzene rings is 1. The normalized spacial score (nSPS) is 33.7. The SMILES string of the molecule is C#CC1C2OCC(OC)(OC)C2N2C(=O)[C@@H](NC(=O)c3ccc(N4CCN(C)CC4)cc3)CC(C)C12. The molecule has 5 unspecified atom stereocenters. The first kappa shape index (κ1) is 25.0. The number of anilines is 1. The van der Waals surface area contributed by atoms with Crippen LogP contribution in [0.25, 0.3) is 0 Å². The van der Waals surface area contributed by atoms with Gasteiger partial charge in [-0.2, -0.15) is 0 Å². The highest BCUT2D eigenvalue weighted by Crippen LogP contribution is 2.49. The minimum Gasteiger partial charge on any atom is -0.369 e. The Hall–Kier alpha value is -2.64. The number of likely N-dealkylation sites (N-methyl/N-ethyl adjacent to an activating group) is 1. The van der Waals surface area contributed by atoms with Crippen LogP contribution in [0.1, 0.15) is 23.7 Å². The van der Waals surface area contributed by atoms with Crippen LogP contribution in [0.15, 0.2) is 24.3 Å². The highest BCUT2D eigenvalue weighted by atomic mass is 16.7. The van der Waals surface area contributed by atoms with Crippen LogP contribution in [-0.2, 0) is 19.0 Å². The molecule has 36 heavy (non-hydrogen) atoms. The number of amides is 2. The fourth-order valence-corrected chi connectivity index (χ4v) is 6.45. The summed E-state index contributed by atoms with van der Waals surface area (Å²) in [5.74, 6) is 1.14. The number of ether oxygens (including phenoxy) is 3. The van der Waals surface area contributed by atoms with Crippen LogP contribution in [0.4, 0.5) is 5.69 Å². The Morgan fingerprint density at radius 1 is 1.17 bits per heavy atom. The van der Waals surface area contributed by atoms with Gasteiger partial charge in [0.1, 0.15) is 18.7 Å². The lowest BCUT2D eigenvalue weighted by molar-refractivity contribution is -0.232. The molecule has 194 valence electrons. The van der Waals surface area contributed by atoms with Gasteiger partial charge in [-0.3, -0.25) is 9.59 Å². The number of rotatable bonds is 5. The van der Waals surface area contributed by atoms with E-state index in [0.717, 1.165) is 31.9 Å². The summed E-state index contributed by atoms with van der Waals surface area (Å²) in [5, 5.41) is 2.98. The molecule has 4 heterocycles. The van der Waals surface area contributed by atoms with Gasteiger partial charge in [-0.25, -0.2) is 0 Å². The molecule has 1 N–H and O–H groups in total. The Labute approximate surface area is 213 Å². The molecule has 0 radical (unpaired) electrons. The fraction of sp³-hybridized carbons (Fsp3) is 0.630. The third kappa shape index (κ3) is 3.97. The minimum absolute atomic E-state index is 0.0641. The highest BCUT2D eigenvalue weighted by molar-refractivity contribution is 5.98. The first-order valence-electron chi connectivity index (χ1n) is 12.7. The number of piperidine rings is 1. The van der Waals surface area contributed by atoms with E-state index in [4.69, 9.17) is 20.6 Å². The van der Waals surface area contributed by atoms with Crippen LogP contribution >= 0.6 is 0 Å². The predicted molar refractivity (Wildman–Crippen MR) is 134 cm³/mol. The molecule has 6 atom stereocenters. The van der Waals surface area contributed by atoms with E-state index in [-0.39, 0.29) is 42.4 Å². The summed E-state index contributed by atoms with van der Waals surface area (Å²) in [6.45, 7) is 6.21. The minimum atomic E-state index is -1.09. The molecule has 0 aromatic heterocycles. The first-order valence-corrected chi connectivity index (χ1v) is 12.7. The molecule has 0 spiro atoms. The van der Waals surface area contributed by atoms with Crippen molar-refractivity contribution in [1.82, 2.24) is 15.1 Å². The number of terminal acetylenes is 1. The Bertz CT molecular complexity index is 1030. The molecule has 1 aromatic carbocycles. The summed E-state index contributed by atoms with van der Waals surface area (Å²) < 4.78 is 17.5. The lowest BCUT2D eigenvalue weighted by Gasteiger charge is -2.45. The summed E-state index contributed by atoms with van der Waals surface area (Å²) in [4.78, 5) is 33.4. The van der Waals surface area contributed by atoms with Gasteiger partial charge in [0.05, 0.1) is 18.1 Å². The van der Waals surface area contributed by atoms with Gasteiger partial charge in [0.25, 0.3) is 5.91 Å². The topological polar surface area (TPSA) is 83.6 Å². The predicted octanol–water partition coefficient (Wildman–Crippen LogP) is 0.793. The summed E-state index contributed by atoms with van der Waals surface area (Å²) in [5.41, 5.74) is 1.63. The molecular weight excluding hydrogens is 460 g/mol. The number of methoxy groups -OCH3 is 2. The van der Waals surface area contributed by atoms with Crippen molar-refractivity contribution in [2.75, 3.05) is 59.0 Å². The molecule has 9 heteroatoms. The maximum absolute atomic E-state index is 13.8. The molecule has 1 aromatic rings. The number of piperazine rings is 1. The zero-order valence-corrected chi connectivity index (χ0v) is 21.5. The van der Waals surface area contributed by atoms with E-state index >= 15 is 0 Å². The molecule has 0 bridgehead atoms. The second kappa shape index (κ2) is 9.67. The highest BCUT2D eigenvalue weighted by Gasteiger charge is 2.67. The van der Waals surface area contributed by atoms with Crippen molar-refractivity contribution in [2.45, 2.75) is 43.4 Å². The third-order valence-electron chi connectivity index (χ3n) is 8.51. The van der Waals surface area contributed by atoms with Gasteiger partial charge in [-0.15, -0.1) is 6.42 Å². The van der Waals surface area contributed by atoms with Crippen LogP contribution < -0.4 is 10.2 Å². The zero-order valence-electron chi connectivity index (χ0n) is 21.5. The maximum Gasteiger partial charge on any atom is 0.251 e. The van der Waals surface area contributed by atoms with Crippen molar-refractivity contribution in [3.63, 3.8) is 0 Å². The van der Waals surface area contributed by atoms with Crippen LogP contribution in [0.3, 0.4) is 0 Å². The second-order valence-electron chi connectivity index (χ2n) is 10.4. The van der Waals surface area contributed by atoms with Crippen LogP contribution in [0.2, 0.25) is 0 Å². The van der Waals surface area contributed by atoms with Crippen molar-refractivity contribution in [3.05, 3.63) is 29.8 Å². The smallest absolute Gasteiger partial charge is 0.251 e. The number of hydrogen-bond acceptors (Lipinski definition) is 7. The second-order valence-corrected chi connectivity index (χ2v) is 10.4. The Kier molecular flexibility index (Phi) is 6.72. The molecule has 4 fully saturated rings. The molecule has 4 aliphatic rings. The summed E-state index contributed by atoms with van der Waals surface area (Å²) in [7, 11) is 5.23. The number of carbonyl (C=O) groups is 2. The number of hydrogen-bond donors (Lipinski definition) is 1. The van der Waals surface area contributed by atoms with Crippen molar-refractivity contribution in [3.8, 4) is 12.3 Å². The van der Waals surface area contributed by atoms with E-state index in [1.165, 1.54) is 0 Å². The molecule has 2 amide bonds. The van der Waals surface area contributed by atoms with Gasteiger partial charge in [-0.05, 0) is 43.7 Å². The van der Waals surface area contributed by atoms with E-state index in [1.54, 1.807) is 19.1 Å². The van der Waals surface area contributed by atoms with E-state index in [1.807, 2.05) is 24.3 Å². The van der Waals surface area contributed by atoms with Crippen molar-refractivity contribution < 1.29 is 23.8 Å². The molecule has 4 aliphatic heterocycles. The van der Waals surface area contributed by atoms with E-state index in [0.29, 0.717) is 12.0 Å². The van der Waals surface area contributed by atoms with Gasteiger partial charge >= 0.3 is 0 Å². The summed E-state index contributed by atoms with van der Waals surface area (Å²) in [6.07, 6.45) is 6.05. The molecule has 4 saturated heterocycles. The molecule has 0 saturated carbocycles. The Morgan fingerprint density at radius 3 is 2.44 bits per heavy atom. The van der Waals surface area contributed by atoms with Gasteiger partial charge in [0.15, 0.2) is 0 Å². The Balaban J connectivity index is 1.32. The number of carbonyl (C=O) groups excluding carboxylic acids is 2. The van der Waals surface area contributed by atoms with Gasteiger partial charge in [0.2, 0.25) is 11.7 Å². The first-order chi connectivity index (χ1) is 17.3. The van der Waals surface area contributed by atoms with Gasteiger partial charge in [0, 0.05) is 51.6 Å². The lowest BCUT2D eigenvalue weighted by Crippen LogP contribution is -2.64. The van der Waals surface area contributed by atoms with Crippen molar-refractivity contribution >= 4 is 17.5 Å². The Morgan fingerprint density at radius 2 is 1.83 bits per heavy atom. The lowest BCUT2D eigenvalue weighted by atomic mass is 9.82. The number of nitrogens with zero attached hydrogens (tertiary/aromatic N) is 3. The summed E-state index contributed by atoms with van der Waals surface area (Å²) >= 11 is 0. The maximum atomic E-state index is 13.8. The average molecular weight is 497 g/mol. The largest absolute Gasteiger partial charge is 0.369 e. The van der Waals surface area contributed by atoms with Crippen LogP contribution in [0, 0.1) is 24.2 Å². The standard InChI is InChI=1S/C27H36N4O5/c1-6-20-22-17(2)15-21(26(33)31(22)24-23(20)36-16-27(24,34-4)35-5)28-25(32)18-7-9-19(10-8-18)30-13-11-29(3)12-14-30/h1,7-10,17,20-24H,11-16H2,2-5H3,(H,28,32)/t17?,20?,21-,22?,23?,24?/m0/s1. The van der Waals surface area contributed by atoms with Crippen LogP contribution in [0.5, 0.6) is 0 Å². The summed E-state index contributed by atoms with van der Waals surface area (Å²) in [6, 6.07) is 6.28. The van der Waals surface area contributed by atoms with Gasteiger partial charge < -0.3 is 34.2 Å². The zero-order chi connectivity index (χ0) is 25.6.